The number of methoxy groups -OCH3 is 1. The van der Waals surface area contributed by atoms with E-state index in [9.17, 15) is 13.2 Å². The third kappa shape index (κ3) is 2.33. The Kier molecular flexibility index (Phi) is 3.57. The molecule has 3 rings (SSSR count). The van der Waals surface area contributed by atoms with E-state index in [0.29, 0.717) is 19.5 Å². The maximum absolute atomic E-state index is 12.8. The zero-order valence-corrected chi connectivity index (χ0v) is 12.7. The van der Waals surface area contributed by atoms with Crippen molar-refractivity contribution < 1.29 is 17.9 Å². The van der Waals surface area contributed by atoms with Crippen LogP contribution in [0.3, 0.4) is 0 Å². The summed E-state index contributed by atoms with van der Waals surface area (Å²) in [7, 11) is -2.56. The summed E-state index contributed by atoms with van der Waals surface area (Å²) in [5.74, 6) is -0.298. The SMILES string of the molecule is COC(=O)c1cccc(S(=O)(=O)N2CCCn3ncnc32)c1. The first-order valence-corrected chi connectivity index (χ1v) is 8.07. The molecular weight excluding hydrogens is 308 g/mol. The Hall–Kier alpha value is -2.42. The molecule has 2 aromatic rings. The van der Waals surface area contributed by atoms with Gasteiger partial charge in [-0.15, -0.1) is 0 Å². The number of ether oxygens (including phenoxy) is 1. The molecule has 1 aromatic carbocycles. The zero-order chi connectivity index (χ0) is 15.7. The van der Waals surface area contributed by atoms with Crippen molar-refractivity contribution in [2.24, 2.45) is 0 Å². The van der Waals surface area contributed by atoms with Crippen LogP contribution in [0, 0.1) is 0 Å². The summed E-state index contributed by atoms with van der Waals surface area (Å²) in [6.45, 7) is 0.951. The largest absolute Gasteiger partial charge is 0.465 e. The molecule has 0 spiro atoms. The van der Waals surface area contributed by atoms with E-state index >= 15 is 0 Å². The Balaban J connectivity index is 2.03. The molecule has 0 N–H and O–H groups in total. The highest BCUT2D eigenvalue weighted by Gasteiger charge is 2.31. The fourth-order valence-electron chi connectivity index (χ4n) is 2.33. The van der Waals surface area contributed by atoms with E-state index in [1.807, 2.05) is 0 Å². The fraction of sp³-hybridized carbons (Fsp3) is 0.308. The molecule has 22 heavy (non-hydrogen) atoms. The van der Waals surface area contributed by atoms with Gasteiger partial charge in [-0.1, -0.05) is 6.07 Å². The average molecular weight is 322 g/mol. The number of hydrogen-bond acceptors (Lipinski definition) is 6. The molecule has 1 aliphatic heterocycles. The van der Waals surface area contributed by atoms with Crippen molar-refractivity contribution in [3.63, 3.8) is 0 Å². The first kappa shape index (κ1) is 14.5. The molecule has 9 heteroatoms. The Morgan fingerprint density at radius 1 is 1.32 bits per heavy atom. The number of fused-ring (bicyclic) bond motifs is 1. The van der Waals surface area contributed by atoms with Gasteiger partial charge in [0.1, 0.15) is 6.33 Å². The van der Waals surface area contributed by atoms with E-state index < -0.39 is 16.0 Å². The van der Waals surface area contributed by atoms with E-state index in [2.05, 4.69) is 14.8 Å². The molecule has 1 aliphatic rings. The van der Waals surface area contributed by atoms with E-state index in [4.69, 9.17) is 0 Å². The lowest BCUT2D eigenvalue weighted by atomic mass is 10.2. The van der Waals surface area contributed by atoms with Crippen LogP contribution in [0.5, 0.6) is 0 Å². The molecule has 0 unspecified atom stereocenters. The van der Waals surface area contributed by atoms with Gasteiger partial charge in [0, 0.05) is 13.1 Å². The highest BCUT2D eigenvalue weighted by atomic mass is 32.2. The highest BCUT2D eigenvalue weighted by Crippen LogP contribution is 2.25. The topological polar surface area (TPSA) is 94.4 Å². The van der Waals surface area contributed by atoms with Crippen LogP contribution in [0.1, 0.15) is 16.8 Å². The molecule has 0 saturated heterocycles. The number of benzene rings is 1. The van der Waals surface area contributed by atoms with Crippen LogP contribution in [-0.4, -0.2) is 42.8 Å². The van der Waals surface area contributed by atoms with Crippen molar-refractivity contribution in [1.29, 1.82) is 0 Å². The van der Waals surface area contributed by atoms with Crippen molar-refractivity contribution >= 4 is 21.9 Å². The quantitative estimate of drug-likeness (QED) is 0.771. The van der Waals surface area contributed by atoms with Crippen molar-refractivity contribution in [3.8, 4) is 0 Å². The molecule has 0 atom stereocenters. The monoisotopic (exact) mass is 322 g/mol. The number of aromatic nitrogens is 3. The lowest BCUT2D eigenvalue weighted by molar-refractivity contribution is 0.0600. The number of carbonyl (C=O) groups is 1. The predicted molar refractivity (Wildman–Crippen MR) is 77.0 cm³/mol. The van der Waals surface area contributed by atoms with Gasteiger partial charge in [0.25, 0.3) is 10.0 Å². The lowest BCUT2D eigenvalue weighted by Gasteiger charge is -2.27. The second-order valence-electron chi connectivity index (χ2n) is 4.73. The van der Waals surface area contributed by atoms with Crippen molar-refractivity contribution in [3.05, 3.63) is 36.2 Å². The molecule has 0 aliphatic carbocycles. The molecule has 0 bridgehead atoms. The first-order chi connectivity index (χ1) is 10.5. The van der Waals surface area contributed by atoms with Crippen LogP contribution in [0.25, 0.3) is 0 Å². The van der Waals surface area contributed by atoms with E-state index in [1.165, 1.54) is 42.0 Å². The number of esters is 1. The van der Waals surface area contributed by atoms with E-state index in [1.54, 1.807) is 4.68 Å². The van der Waals surface area contributed by atoms with Gasteiger partial charge in [-0.3, -0.25) is 0 Å². The molecule has 116 valence electrons. The van der Waals surface area contributed by atoms with E-state index in [0.717, 1.165) is 0 Å². The predicted octanol–water partition coefficient (Wildman–Crippen LogP) is 0.664. The summed E-state index contributed by atoms with van der Waals surface area (Å²) in [4.78, 5) is 15.6. The Labute approximate surface area is 127 Å². The van der Waals surface area contributed by atoms with Gasteiger partial charge < -0.3 is 4.74 Å². The second kappa shape index (κ2) is 5.41. The zero-order valence-electron chi connectivity index (χ0n) is 11.8. The van der Waals surface area contributed by atoms with Gasteiger partial charge in [0.2, 0.25) is 5.95 Å². The van der Waals surface area contributed by atoms with Gasteiger partial charge in [0.05, 0.1) is 17.6 Å². The molecule has 0 amide bonds. The number of aryl methyl sites for hydroxylation is 1. The molecule has 0 radical (unpaired) electrons. The summed E-state index contributed by atoms with van der Waals surface area (Å²) in [6, 6.07) is 5.75. The van der Waals surface area contributed by atoms with Crippen LogP contribution in [0.4, 0.5) is 5.95 Å². The number of sulfonamides is 1. The second-order valence-corrected chi connectivity index (χ2v) is 6.60. The fourth-order valence-corrected chi connectivity index (χ4v) is 3.84. The lowest BCUT2D eigenvalue weighted by Crippen LogP contribution is -2.38. The van der Waals surface area contributed by atoms with Gasteiger partial charge in [0.15, 0.2) is 0 Å². The summed E-state index contributed by atoms with van der Waals surface area (Å²) in [6.07, 6.45) is 1.97. The van der Waals surface area contributed by atoms with Crippen LogP contribution in [0.15, 0.2) is 35.5 Å². The van der Waals surface area contributed by atoms with Crippen LogP contribution in [-0.2, 0) is 21.3 Å². The van der Waals surface area contributed by atoms with Crippen molar-refractivity contribution in [2.45, 2.75) is 17.9 Å². The maximum Gasteiger partial charge on any atom is 0.337 e. The van der Waals surface area contributed by atoms with Gasteiger partial charge in [-0.05, 0) is 24.6 Å². The Bertz CT molecular complexity index is 815. The first-order valence-electron chi connectivity index (χ1n) is 6.63. The van der Waals surface area contributed by atoms with Crippen LogP contribution in [0.2, 0.25) is 0 Å². The molecule has 1 aromatic heterocycles. The number of anilines is 1. The van der Waals surface area contributed by atoms with Gasteiger partial charge in [-0.25, -0.2) is 22.2 Å². The molecule has 8 nitrogen and oxygen atoms in total. The Morgan fingerprint density at radius 2 is 2.14 bits per heavy atom. The summed E-state index contributed by atoms with van der Waals surface area (Å²) >= 11 is 0. The normalized spacial score (nSPS) is 14.5. The number of carbonyl (C=O) groups excluding carboxylic acids is 1. The molecular formula is C13H14N4O4S. The van der Waals surface area contributed by atoms with Crippen molar-refractivity contribution in [1.82, 2.24) is 14.8 Å². The Morgan fingerprint density at radius 3 is 2.91 bits per heavy atom. The standard InChI is InChI=1S/C13H14N4O4S/c1-21-12(18)10-4-2-5-11(8-10)22(19,20)17-7-3-6-16-13(17)14-9-15-16/h2,4-5,8-9H,3,6-7H2,1H3. The minimum Gasteiger partial charge on any atom is -0.465 e. The third-order valence-corrected chi connectivity index (χ3v) is 5.17. The van der Waals surface area contributed by atoms with E-state index in [-0.39, 0.29) is 16.4 Å². The minimum absolute atomic E-state index is 0.0202. The smallest absolute Gasteiger partial charge is 0.337 e. The summed E-state index contributed by atoms with van der Waals surface area (Å²) in [5.41, 5.74) is 0.182. The van der Waals surface area contributed by atoms with Crippen LogP contribution < -0.4 is 4.31 Å². The average Bonchev–Trinajstić information content (AvgIpc) is 3.02. The minimum atomic E-state index is -3.81. The summed E-state index contributed by atoms with van der Waals surface area (Å²) in [5, 5.41) is 4.00. The third-order valence-electron chi connectivity index (χ3n) is 3.39. The van der Waals surface area contributed by atoms with Crippen LogP contribution >= 0.6 is 0 Å². The number of hydrogen-bond donors (Lipinski definition) is 0. The number of nitrogens with zero attached hydrogens (tertiary/aromatic N) is 4. The van der Waals surface area contributed by atoms with Crippen molar-refractivity contribution in [2.75, 3.05) is 18.0 Å². The van der Waals surface area contributed by atoms with Gasteiger partial charge >= 0.3 is 5.97 Å². The molecule has 0 fully saturated rings. The summed E-state index contributed by atoms with van der Waals surface area (Å²) < 4.78 is 33.0. The molecule has 0 saturated carbocycles. The maximum atomic E-state index is 12.8. The van der Waals surface area contributed by atoms with Gasteiger partial charge in [-0.2, -0.15) is 10.1 Å². The highest BCUT2D eigenvalue weighted by molar-refractivity contribution is 7.92. The number of rotatable bonds is 3. The molecule has 2 heterocycles.